The minimum Gasteiger partial charge on any atom is -0.759 e. The molecule has 0 aliphatic heterocycles. The summed E-state index contributed by atoms with van der Waals surface area (Å²) < 4.78 is 63.9. The van der Waals surface area contributed by atoms with E-state index < -0.39 is 42.7 Å². The average Bonchev–Trinajstić information content (AvgIpc) is 2.13. The molecule has 0 aromatic heterocycles. The van der Waals surface area contributed by atoms with Crippen molar-refractivity contribution in [2.75, 3.05) is 0 Å². The standard InChI is InChI=1S/C7H6O6S.2Na.H2O4S/c8-6-2-1-4(14(11,12)13)3-5(6)7(9)10;;;1-5(2,3)4/h1-3,8H,(H,9,10)(H,11,12,13);;;(H2,1,2,3,4)/q;2*+1;/p-2. The first-order valence-corrected chi connectivity index (χ1v) is 6.80. The first-order chi connectivity index (χ1) is 8.32. The van der Waals surface area contributed by atoms with Gasteiger partial charge in [0, 0.05) is 10.4 Å². The summed E-state index contributed by atoms with van der Waals surface area (Å²) >= 11 is 0. The predicted octanol–water partition coefficient (Wildman–Crippen LogP) is -6.99. The Labute approximate surface area is 164 Å². The summed E-state index contributed by atoms with van der Waals surface area (Å²) in [6.45, 7) is 0. The van der Waals surface area contributed by atoms with Gasteiger partial charge in [0.25, 0.3) is 10.1 Å². The Morgan fingerprint density at radius 1 is 1.05 bits per heavy atom. The molecule has 0 heterocycles. The quantitative estimate of drug-likeness (QED) is 0.259. The molecule has 0 saturated heterocycles. The molecule has 0 aliphatic carbocycles. The molecular formula is C7H6Na2O10S2. The summed E-state index contributed by atoms with van der Waals surface area (Å²) in [5.74, 6) is -2.04. The van der Waals surface area contributed by atoms with Crippen molar-refractivity contribution in [3.05, 3.63) is 23.8 Å². The minimum atomic E-state index is -5.17. The largest absolute Gasteiger partial charge is 1.00 e. The number of phenols is 1. The van der Waals surface area contributed by atoms with Crippen LogP contribution in [0.15, 0.2) is 23.1 Å². The van der Waals surface area contributed by atoms with E-state index in [2.05, 4.69) is 0 Å². The molecular weight excluding hydrogens is 354 g/mol. The third-order valence-electron chi connectivity index (χ3n) is 1.50. The second-order valence-corrected chi connectivity index (χ2v) is 5.11. The Balaban J connectivity index is -0.000000405. The molecule has 0 bridgehead atoms. The number of carboxylic acid groups (broad SMARTS) is 1. The number of carbonyl (C=O) groups is 1. The first kappa shape index (κ1) is 26.2. The van der Waals surface area contributed by atoms with Crippen molar-refractivity contribution in [3.8, 4) is 5.75 Å². The fourth-order valence-electron chi connectivity index (χ4n) is 0.847. The summed E-state index contributed by atoms with van der Waals surface area (Å²) in [7, 11) is -9.62. The number of hydrogen-bond donors (Lipinski definition) is 3. The van der Waals surface area contributed by atoms with Crippen LogP contribution in [0.1, 0.15) is 10.4 Å². The van der Waals surface area contributed by atoms with Crippen molar-refractivity contribution in [1.82, 2.24) is 0 Å². The van der Waals surface area contributed by atoms with Crippen LogP contribution in [0.25, 0.3) is 0 Å². The SMILES string of the molecule is O=C(O)c1cc(S(=O)(=O)O)ccc1O.O=S(=O)([O-])[O-].[Na+].[Na+]. The number of aromatic carboxylic acids is 1. The molecule has 1 rings (SSSR count). The van der Waals surface area contributed by atoms with Gasteiger partial charge in [-0.1, -0.05) is 0 Å². The van der Waals surface area contributed by atoms with Crippen molar-refractivity contribution in [2.45, 2.75) is 4.90 Å². The van der Waals surface area contributed by atoms with Crippen LogP contribution in [0, 0.1) is 0 Å². The molecule has 0 saturated carbocycles. The number of aromatic hydroxyl groups is 1. The molecule has 1 aromatic carbocycles. The Kier molecular flexibility index (Phi) is 12.6. The molecule has 21 heavy (non-hydrogen) atoms. The van der Waals surface area contributed by atoms with Gasteiger partial charge in [-0.25, -0.2) is 4.79 Å². The van der Waals surface area contributed by atoms with Crippen LogP contribution < -0.4 is 59.1 Å². The maximum Gasteiger partial charge on any atom is 1.00 e. The molecule has 0 spiro atoms. The van der Waals surface area contributed by atoms with Crippen LogP contribution in [0.5, 0.6) is 5.75 Å². The number of rotatable bonds is 2. The monoisotopic (exact) mass is 360 g/mol. The number of benzene rings is 1. The van der Waals surface area contributed by atoms with Gasteiger partial charge >= 0.3 is 65.1 Å². The van der Waals surface area contributed by atoms with Gasteiger partial charge in [-0.05, 0) is 18.2 Å². The molecule has 10 nitrogen and oxygen atoms in total. The van der Waals surface area contributed by atoms with Crippen LogP contribution in [-0.2, 0) is 20.5 Å². The summed E-state index contributed by atoms with van der Waals surface area (Å²) in [5.41, 5.74) is -0.583. The molecule has 0 aliphatic rings. The molecule has 0 amide bonds. The van der Waals surface area contributed by atoms with E-state index in [0.717, 1.165) is 12.1 Å². The topological polar surface area (TPSA) is 192 Å². The number of carboxylic acids is 1. The van der Waals surface area contributed by atoms with Crippen molar-refractivity contribution in [2.24, 2.45) is 0 Å². The van der Waals surface area contributed by atoms with E-state index in [-0.39, 0.29) is 59.1 Å². The molecule has 14 heteroatoms. The van der Waals surface area contributed by atoms with Crippen LogP contribution in [0.4, 0.5) is 0 Å². The summed E-state index contributed by atoms with van der Waals surface area (Å²) in [4.78, 5) is 9.89. The third kappa shape index (κ3) is 12.5. The third-order valence-corrected chi connectivity index (χ3v) is 2.35. The molecule has 3 N–H and O–H groups in total. The van der Waals surface area contributed by atoms with Gasteiger partial charge in [-0.15, -0.1) is 0 Å². The molecule has 0 fully saturated rings. The van der Waals surface area contributed by atoms with E-state index in [0.29, 0.717) is 6.07 Å². The van der Waals surface area contributed by atoms with Crippen molar-refractivity contribution < 1.29 is 105 Å². The Morgan fingerprint density at radius 2 is 1.43 bits per heavy atom. The van der Waals surface area contributed by atoms with Crippen molar-refractivity contribution >= 4 is 26.5 Å². The van der Waals surface area contributed by atoms with Crippen LogP contribution >= 0.6 is 0 Å². The van der Waals surface area contributed by atoms with E-state index in [4.69, 9.17) is 32.3 Å². The smallest absolute Gasteiger partial charge is 0.759 e. The zero-order valence-electron chi connectivity index (χ0n) is 10.7. The molecule has 1 aromatic rings. The second-order valence-electron chi connectivity index (χ2n) is 2.87. The fourth-order valence-corrected chi connectivity index (χ4v) is 1.35. The van der Waals surface area contributed by atoms with Crippen molar-refractivity contribution in [1.29, 1.82) is 0 Å². The van der Waals surface area contributed by atoms with Gasteiger partial charge in [0.15, 0.2) is 0 Å². The van der Waals surface area contributed by atoms with Crippen molar-refractivity contribution in [3.63, 3.8) is 0 Å². The first-order valence-electron chi connectivity index (χ1n) is 4.03. The predicted molar refractivity (Wildman–Crippen MR) is 55.4 cm³/mol. The Bertz CT molecular complexity index is 673. The van der Waals surface area contributed by atoms with E-state index in [1.165, 1.54) is 0 Å². The van der Waals surface area contributed by atoms with Gasteiger partial charge in [0.05, 0.1) is 4.90 Å². The maximum atomic E-state index is 10.6. The normalized spacial score (nSPS) is 10.2. The maximum absolute atomic E-state index is 10.6. The van der Waals surface area contributed by atoms with Gasteiger partial charge in [-0.2, -0.15) is 8.42 Å². The zero-order chi connectivity index (χ0) is 15.4. The van der Waals surface area contributed by atoms with E-state index in [1.54, 1.807) is 0 Å². The van der Waals surface area contributed by atoms with Gasteiger partial charge in [0.1, 0.15) is 11.3 Å². The van der Waals surface area contributed by atoms with E-state index in [9.17, 15) is 13.2 Å². The van der Waals surface area contributed by atoms with Crippen LogP contribution in [0.2, 0.25) is 0 Å². The van der Waals surface area contributed by atoms with Gasteiger partial charge < -0.3 is 19.3 Å². The Morgan fingerprint density at radius 3 is 1.71 bits per heavy atom. The second kappa shape index (κ2) is 10.1. The van der Waals surface area contributed by atoms with Gasteiger partial charge in [0.2, 0.25) is 0 Å². The number of hydrogen-bond acceptors (Lipinski definition) is 8. The Hall–Kier alpha value is 0.270. The zero-order valence-corrected chi connectivity index (χ0v) is 16.4. The molecule has 0 radical (unpaired) electrons. The summed E-state index contributed by atoms with van der Waals surface area (Å²) in [5, 5.41) is 17.5. The molecule has 108 valence electrons. The van der Waals surface area contributed by atoms with Crippen LogP contribution in [-0.4, -0.2) is 46.7 Å². The average molecular weight is 360 g/mol. The molecule has 0 atom stereocenters. The van der Waals surface area contributed by atoms with Gasteiger partial charge in [-0.3, -0.25) is 13.0 Å². The molecule has 0 unspecified atom stereocenters. The van der Waals surface area contributed by atoms with E-state index in [1.807, 2.05) is 0 Å². The fraction of sp³-hybridized carbons (Fsp3) is 0. The summed E-state index contributed by atoms with van der Waals surface area (Å²) in [6.07, 6.45) is 0. The van der Waals surface area contributed by atoms with E-state index >= 15 is 0 Å². The van der Waals surface area contributed by atoms with Crippen LogP contribution in [0.3, 0.4) is 0 Å². The minimum absolute atomic E-state index is 0. The summed E-state index contributed by atoms with van der Waals surface area (Å²) in [6, 6.07) is 2.46.